The lowest BCUT2D eigenvalue weighted by molar-refractivity contribution is -0.527. The van der Waals surface area contributed by atoms with E-state index in [4.69, 9.17) is 0 Å². The maximum absolute atomic E-state index is 11.4. The third kappa shape index (κ3) is 2.73. The van der Waals surface area contributed by atoms with Crippen LogP contribution >= 0.6 is 11.8 Å². The Labute approximate surface area is 91.8 Å². The molecule has 0 unspecified atom stereocenters. The molecule has 0 aromatic heterocycles. The van der Waals surface area contributed by atoms with Crippen molar-refractivity contribution in [2.75, 3.05) is 31.3 Å². The SMILES string of the molecule is O=C1C=CC(=O)[N+](CN2CCSCC2)=N1. The van der Waals surface area contributed by atoms with Gasteiger partial charge in [-0.3, -0.25) is 4.79 Å². The highest BCUT2D eigenvalue weighted by atomic mass is 32.2. The van der Waals surface area contributed by atoms with Gasteiger partial charge in [0, 0.05) is 35.8 Å². The highest BCUT2D eigenvalue weighted by molar-refractivity contribution is 7.99. The molecule has 0 atom stereocenters. The van der Waals surface area contributed by atoms with Gasteiger partial charge in [0.05, 0.1) is 6.08 Å². The summed E-state index contributed by atoms with van der Waals surface area (Å²) in [6.07, 6.45) is 2.47. The third-order valence-corrected chi connectivity index (χ3v) is 3.22. The molecule has 0 aromatic rings. The van der Waals surface area contributed by atoms with E-state index in [0.29, 0.717) is 6.67 Å². The van der Waals surface area contributed by atoms with Gasteiger partial charge in [0.25, 0.3) is 0 Å². The molecule has 2 heterocycles. The van der Waals surface area contributed by atoms with Crippen molar-refractivity contribution in [2.45, 2.75) is 0 Å². The maximum Gasteiger partial charge on any atom is 0.438 e. The van der Waals surface area contributed by atoms with Gasteiger partial charge in [0.2, 0.25) is 6.67 Å². The van der Waals surface area contributed by atoms with Crippen LogP contribution in [-0.4, -0.2) is 52.7 Å². The smallest absolute Gasteiger partial charge is 0.261 e. The lowest BCUT2D eigenvalue weighted by atomic mass is 10.4. The molecule has 2 aliphatic heterocycles. The van der Waals surface area contributed by atoms with Crippen LogP contribution in [0.15, 0.2) is 17.3 Å². The summed E-state index contributed by atoms with van der Waals surface area (Å²) in [5.74, 6) is 1.58. The van der Waals surface area contributed by atoms with Crippen molar-refractivity contribution in [3.63, 3.8) is 0 Å². The first kappa shape index (κ1) is 10.5. The van der Waals surface area contributed by atoms with E-state index in [2.05, 4.69) is 10.0 Å². The highest BCUT2D eigenvalue weighted by Gasteiger charge is 2.26. The van der Waals surface area contributed by atoms with Crippen LogP contribution in [0.4, 0.5) is 0 Å². The van der Waals surface area contributed by atoms with Crippen LogP contribution < -0.4 is 0 Å². The van der Waals surface area contributed by atoms with Gasteiger partial charge in [-0.05, 0) is 4.70 Å². The minimum atomic E-state index is -0.360. The van der Waals surface area contributed by atoms with Gasteiger partial charge in [-0.2, -0.15) is 11.8 Å². The molecule has 0 aromatic carbocycles. The van der Waals surface area contributed by atoms with E-state index >= 15 is 0 Å². The number of hydrogen-bond acceptors (Lipinski definition) is 4. The van der Waals surface area contributed by atoms with Crippen molar-refractivity contribution in [1.82, 2.24) is 4.90 Å². The summed E-state index contributed by atoms with van der Waals surface area (Å²) in [6, 6.07) is 0. The summed E-state index contributed by atoms with van der Waals surface area (Å²) < 4.78 is 1.23. The average Bonchev–Trinajstić information content (AvgIpc) is 2.25. The molecule has 0 bridgehead atoms. The number of amides is 2. The maximum atomic E-state index is 11.4. The Bertz CT molecular complexity index is 345. The van der Waals surface area contributed by atoms with Gasteiger partial charge in [-0.1, -0.05) is 0 Å². The summed E-state index contributed by atoms with van der Waals surface area (Å²) >= 11 is 1.91. The van der Waals surface area contributed by atoms with E-state index < -0.39 is 0 Å². The van der Waals surface area contributed by atoms with E-state index in [1.807, 2.05) is 11.8 Å². The summed E-state index contributed by atoms with van der Waals surface area (Å²) in [4.78, 5) is 24.5. The fraction of sp³-hybridized carbons (Fsp3) is 0.556. The first-order chi connectivity index (χ1) is 7.25. The topological polar surface area (TPSA) is 52.8 Å². The summed E-state index contributed by atoms with van der Waals surface area (Å²) in [6.45, 7) is 2.32. The number of carbonyl (C=O) groups excluding carboxylic acids is 2. The predicted molar refractivity (Wildman–Crippen MR) is 55.6 cm³/mol. The average molecular weight is 226 g/mol. The van der Waals surface area contributed by atoms with Gasteiger partial charge >= 0.3 is 11.8 Å². The molecule has 15 heavy (non-hydrogen) atoms. The van der Waals surface area contributed by atoms with E-state index in [-0.39, 0.29) is 11.8 Å². The molecule has 5 nitrogen and oxygen atoms in total. The van der Waals surface area contributed by atoms with Crippen LogP contribution in [0.5, 0.6) is 0 Å². The van der Waals surface area contributed by atoms with E-state index in [0.717, 1.165) is 24.6 Å². The van der Waals surface area contributed by atoms with Crippen molar-refractivity contribution in [3.05, 3.63) is 12.2 Å². The molecule has 0 aliphatic carbocycles. The largest absolute Gasteiger partial charge is 0.438 e. The Balaban J connectivity index is 1.98. The van der Waals surface area contributed by atoms with Crippen molar-refractivity contribution < 1.29 is 14.3 Å². The minimum absolute atomic E-state index is 0.215. The van der Waals surface area contributed by atoms with Crippen LogP contribution in [0.3, 0.4) is 0 Å². The molecule has 1 fully saturated rings. The summed E-state index contributed by atoms with van der Waals surface area (Å²) in [5, 5.41) is 3.67. The second-order valence-electron chi connectivity index (χ2n) is 3.38. The summed E-state index contributed by atoms with van der Waals surface area (Å²) in [7, 11) is 0. The Kier molecular flexibility index (Phi) is 3.27. The zero-order chi connectivity index (χ0) is 10.7. The molecule has 2 amide bonds. The van der Waals surface area contributed by atoms with Gasteiger partial charge in [0.1, 0.15) is 0 Å². The molecule has 6 heteroatoms. The molecule has 0 saturated carbocycles. The van der Waals surface area contributed by atoms with Crippen LogP contribution in [-0.2, 0) is 9.59 Å². The normalized spacial score (nSPS) is 23.1. The number of thioether (sulfide) groups is 1. The highest BCUT2D eigenvalue weighted by Crippen LogP contribution is 2.09. The van der Waals surface area contributed by atoms with Gasteiger partial charge < -0.3 is 0 Å². The Morgan fingerprint density at radius 2 is 2.07 bits per heavy atom. The van der Waals surface area contributed by atoms with Crippen molar-refractivity contribution >= 4 is 23.6 Å². The molecule has 80 valence electrons. The molecule has 0 spiro atoms. The van der Waals surface area contributed by atoms with Gasteiger partial charge in [-0.15, -0.1) is 0 Å². The number of nitrogens with zero attached hydrogens (tertiary/aromatic N) is 3. The number of azo groups is 2. The van der Waals surface area contributed by atoms with Crippen molar-refractivity contribution in [1.29, 1.82) is 0 Å². The summed E-state index contributed by atoms with van der Waals surface area (Å²) in [5.41, 5.74) is 0. The molecular weight excluding hydrogens is 214 g/mol. The molecule has 2 rings (SSSR count). The zero-order valence-corrected chi connectivity index (χ0v) is 9.07. The van der Waals surface area contributed by atoms with E-state index in [1.165, 1.54) is 16.8 Å². The fourth-order valence-corrected chi connectivity index (χ4v) is 2.44. The van der Waals surface area contributed by atoms with Gasteiger partial charge in [-0.25, -0.2) is 9.69 Å². The van der Waals surface area contributed by atoms with Crippen LogP contribution in [0.2, 0.25) is 0 Å². The van der Waals surface area contributed by atoms with Crippen molar-refractivity contribution in [3.8, 4) is 0 Å². The first-order valence-electron chi connectivity index (χ1n) is 4.81. The number of hydrogen-bond donors (Lipinski definition) is 0. The fourth-order valence-electron chi connectivity index (χ4n) is 1.46. The molecule has 0 radical (unpaired) electrons. The lowest BCUT2D eigenvalue weighted by Crippen LogP contribution is -2.40. The standard InChI is InChI=1S/C9H12N3O2S/c13-8-1-2-9(14)12(10-8)7-11-3-5-15-6-4-11/h1-2H,3-7H2/q+1. The molecule has 0 N–H and O–H groups in total. The Morgan fingerprint density at radius 3 is 2.80 bits per heavy atom. The second kappa shape index (κ2) is 4.67. The monoisotopic (exact) mass is 226 g/mol. The minimum Gasteiger partial charge on any atom is -0.261 e. The van der Waals surface area contributed by atoms with Crippen LogP contribution in [0.1, 0.15) is 0 Å². The van der Waals surface area contributed by atoms with E-state index in [1.54, 1.807) is 0 Å². The number of carbonyl (C=O) groups is 2. The first-order valence-corrected chi connectivity index (χ1v) is 5.96. The molecule has 1 saturated heterocycles. The predicted octanol–water partition coefficient (Wildman–Crippen LogP) is 0.0804. The molecular formula is C9H12N3O2S+. The Morgan fingerprint density at radius 1 is 1.33 bits per heavy atom. The quantitative estimate of drug-likeness (QED) is 0.626. The van der Waals surface area contributed by atoms with Crippen LogP contribution in [0, 0.1) is 0 Å². The van der Waals surface area contributed by atoms with Crippen LogP contribution in [0.25, 0.3) is 0 Å². The third-order valence-electron chi connectivity index (χ3n) is 2.28. The lowest BCUT2D eigenvalue weighted by Gasteiger charge is -2.22. The van der Waals surface area contributed by atoms with Gasteiger partial charge in [0.15, 0.2) is 0 Å². The van der Waals surface area contributed by atoms with Crippen molar-refractivity contribution in [2.24, 2.45) is 5.11 Å². The Hall–Kier alpha value is -1.01. The molecule has 2 aliphatic rings. The van der Waals surface area contributed by atoms with E-state index in [9.17, 15) is 9.59 Å². The zero-order valence-electron chi connectivity index (χ0n) is 8.26. The number of rotatable bonds is 2. The second-order valence-corrected chi connectivity index (χ2v) is 4.61.